The Hall–Kier alpha value is -2.08. The zero-order chi connectivity index (χ0) is 13.2. The lowest BCUT2D eigenvalue weighted by Crippen LogP contribution is -2.05. The van der Waals surface area contributed by atoms with E-state index in [0.29, 0.717) is 11.7 Å². The largest absolute Gasteiger partial charge is 0.424 e. The minimum absolute atomic E-state index is 0.521. The summed E-state index contributed by atoms with van der Waals surface area (Å²) in [6, 6.07) is 5.95. The standard InChI is InChI=1S/C13H14N4OS/c1-8-16-10(7-19-8)4-5-15-13-17-11-6-9(14)2-3-12(11)18-13/h2-3,6-7H,4-5,14H2,1H3,(H,15,17). The number of fused-ring (bicyclic) bond motifs is 1. The van der Waals surface area contributed by atoms with E-state index in [1.807, 2.05) is 13.0 Å². The Balaban J connectivity index is 1.65. The van der Waals surface area contributed by atoms with Crippen LogP contribution in [0.1, 0.15) is 10.7 Å². The fourth-order valence-electron chi connectivity index (χ4n) is 1.84. The van der Waals surface area contributed by atoms with Gasteiger partial charge in [0.1, 0.15) is 5.52 Å². The molecule has 0 aliphatic rings. The second kappa shape index (κ2) is 4.89. The molecule has 0 atom stereocenters. The van der Waals surface area contributed by atoms with Crippen molar-refractivity contribution in [3.8, 4) is 0 Å². The van der Waals surface area contributed by atoms with Crippen molar-refractivity contribution in [2.24, 2.45) is 0 Å². The molecule has 0 spiro atoms. The minimum Gasteiger partial charge on any atom is -0.424 e. The molecule has 0 saturated carbocycles. The van der Waals surface area contributed by atoms with Crippen LogP contribution in [0.4, 0.5) is 11.7 Å². The van der Waals surface area contributed by atoms with E-state index in [9.17, 15) is 0 Å². The number of nitrogens with zero attached hydrogens (tertiary/aromatic N) is 2. The van der Waals surface area contributed by atoms with E-state index in [1.54, 1.807) is 23.5 Å². The maximum Gasteiger partial charge on any atom is 0.295 e. The highest BCUT2D eigenvalue weighted by Gasteiger charge is 2.05. The van der Waals surface area contributed by atoms with Crippen molar-refractivity contribution in [3.63, 3.8) is 0 Å². The summed E-state index contributed by atoms with van der Waals surface area (Å²) in [5.41, 5.74) is 8.99. The summed E-state index contributed by atoms with van der Waals surface area (Å²) in [6.45, 7) is 2.75. The molecule has 2 heterocycles. The molecule has 0 bridgehead atoms. The Bertz CT molecular complexity index is 704. The van der Waals surface area contributed by atoms with Gasteiger partial charge in [-0.25, -0.2) is 4.98 Å². The number of thiazole rings is 1. The Kier molecular flexibility index (Phi) is 3.08. The summed E-state index contributed by atoms with van der Waals surface area (Å²) >= 11 is 1.66. The molecule has 0 radical (unpaired) electrons. The molecule has 2 aromatic heterocycles. The summed E-state index contributed by atoms with van der Waals surface area (Å²) in [7, 11) is 0. The van der Waals surface area contributed by atoms with Crippen LogP contribution in [-0.2, 0) is 6.42 Å². The van der Waals surface area contributed by atoms with Crippen molar-refractivity contribution in [1.29, 1.82) is 0 Å². The SMILES string of the molecule is Cc1nc(CCNc2nc3cc(N)ccc3o2)cs1. The lowest BCUT2D eigenvalue weighted by Gasteiger charge is -1.98. The monoisotopic (exact) mass is 274 g/mol. The molecule has 1 aromatic carbocycles. The number of rotatable bonds is 4. The van der Waals surface area contributed by atoms with Crippen molar-refractivity contribution in [1.82, 2.24) is 9.97 Å². The fourth-order valence-corrected chi connectivity index (χ4v) is 2.49. The summed E-state index contributed by atoms with van der Waals surface area (Å²) in [5, 5.41) is 6.32. The third-order valence-corrected chi connectivity index (χ3v) is 3.56. The molecule has 0 fully saturated rings. The molecule has 0 saturated heterocycles. The van der Waals surface area contributed by atoms with Crippen molar-refractivity contribution in [2.75, 3.05) is 17.6 Å². The Morgan fingerprint density at radius 1 is 1.37 bits per heavy atom. The van der Waals surface area contributed by atoms with E-state index in [1.165, 1.54) is 0 Å². The van der Waals surface area contributed by atoms with E-state index < -0.39 is 0 Å². The molecule has 0 amide bonds. The number of aryl methyl sites for hydroxylation is 1. The van der Waals surface area contributed by atoms with Gasteiger partial charge in [0.15, 0.2) is 5.58 Å². The van der Waals surface area contributed by atoms with Gasteiger partial charge >= 0.3 is 0 Å². The van der Waals surface area contributed by atoms with Crippen molar-refractivity contribution >= 4 is 34.1 Å². The second-order valence-corrected chi connectivity index (χ2v) is 5.34. The zero-order valence-corrected chi connectivity index (χ0v) is 11.3. The normalized spacial score (nSPS) is 11.0. The van der Waals surface area contributed by atoms with E-state index in [-0.39, 0.29) is 0 Å². The number of hydrogen-bond acceptors (Lipinski definition) is 6. The molecular formula is C13H14N4OS. The zero-order valence-electron chi connectivity index (χ0n) is 10.5. The predicted octanol–water partition coefficient (Wildman–Crippen LogP) is 2.83. The van der Waals surface area contributed by atoms with Crippen LogP contribution in [0, 0.1) is 6.92 Å². The van der Waals surface area contributed by atoms with Crippen molar-refractivity contribution in [2.45, 2.75) is 13.3 Å². The maximum absolute atomic E-state index is 5.70. The molecule has 0 aliphatic heterocycles. The highest BCUT2D eigenvalue weighted by atomic mass is 32.1. The smallest absolute Gasteiger partial charge is 0.295 e. The summed E-state index contributed by atoms with van der Waals surface area (Å²) < 4.78 is 5.57. The number of nitrogens with two attached hydrogens (primary N) is 1. The first kappa shape index (κ1) is 12.0. The van der Waals surface area contributed by atoms with Gasteiger partial charge in [-0.1, -0.05) is 0 Å². The average Bonchev–Trinajstić information content (AvgIpc) is 2.95. The molecule has 3 rings (SSSR count). The molecule has 98 valence electrons. The van der Waals surface area contributed by atoms with Crippen LogP contribution in [0.15, 0.2) is 28.0 Å². The quantitative estimate of drug-likeness (QED) is 0.715. The first-order valence-corrected chi connectivity index (χ1v) is 6.89. The first-order chi connectivity index (χ1) is 9.20. The van der Waals surface area contributed by atoms with Crippen molar-refractivity contribution in [3.05, 3.63) is 34.3 Å². The third-order valence-electron chi connectivity index (χ3n) is 2.74. The van der Waals surface area contributed by atoms with Gasteiger partial charge in [0.05, 0.1) is 10.7 Å². The summed E-state index contributed by atoms with van der Waals surface area (Å²) in [5.74, 6) is 0. The van der Waals surface area contributed by atoms with Crippen LogP contribution in [0.25, 0.3) is 11.1 Å². The van der Waals surface area contributed by atoms with Gasteiger partial charge in [-0.05, 0) is 25.1 Å². The minimum atomic E-state index is 0.521. The first-order valence-electron chi connectivity index (χ1n) is 6.01. The van der Waals surface area contributed by atoms with Gasteiger partial charge in [0.25, 0.3) is 6.01 Å². The van der Waals surface area contributed by atoms with Crippen LogP contribution in [0.5, 0.6) is 0 Å². The number of oxazole rings is 1. The highest BCUT2D eigenvalue weighted by molar-refractivity contribution is 7.09. The Labute approximate surface area is 114 Å². The van der Waals surface area contributed by atoms with Gasteiger partial charge in [0, 0.05) is 24.0 Å². The van der Waals surface area contributed by atoms with Crippen LogP contribution in [0.3, 0.4) is 0 Å². The third kappa shape index (κ3) is 2.68. The number of nitrogens with one attached hydrogen (secondary N) is 1. The lowest BCUT2D eigenvalue weighted by molar-refractivity contribution is 0.614. The van der Waals surface area contributed by atoms with Gasteiger partial charge in [-0.2, -0.15) is 4.98 Å². The van der Waals surface area contributed by atoms with Crippen LogP contribution in [0.2, 0.25) is 0 Å². The Morgan fingerprint density at radius 3 is 3.05 bits per heavy atom. The molecule has 6 heteroatoms. The molecule has 0 aliphatic carbocycles. The van der Waals surface area contributed by atoms with Crippen LogP contribution >= 0.6 is 11.3 Å². The maximum atomic E-state index is 5.70. The Morgan fingerprint density at radius 2 is 2.26 bits per heavy atom. The van der Waals surface area contributed by atoms with Gasteiger partial charge in [0.2, 0.25) is 0 Å². The van der Waals surface area contributed by atoms with E-state index in [0.717, 1.165) is 34.8 Å². The number of anilines is 2. The number of benzene rings is 1. The van der Waals surface area contributed by atoms with Crippen LogP contribution in [-0.4, -0.2) is 16.5 Å². The lowest BCUT2D eigenvalue weighted by atomic mass is 10.3. The van der Waals surface area contributed by atoms with Gasteiger partial charge < -0.3 is 15.5 Å². The van der Waals surface area contributed by atoms with E-state index in [2.05, 4.69) is 20.7 Å². The fraction of sp³-hybridized carbons (Fsp3) is 0.231. The predicted molar refractivity (Wildman–Crippen MR) is 77.5 cm³/mol. The molecule has 5 nitrogen and oxygen atoms in total. The van der Waals surface area contributed by atoms with E-state index >= 15 is 0 Å². The number of hydrogen-bond donors (Lipinski definition) is 2. The van der Waals surface area contributed by atoms with Gasteiger partial charge in [-0.15, -0.1) is 11.3 Å². The molecular weight excluding hydrogens is 260 g/mol. The number of aromatic nitrogens is 2. The van der Waals surface area contributed by atoms with Gasteiger partial charge in [-0.3, -0.25) is 0 Å². The average molecular weight is 274 g/mol. The molecule has 19 heavy (non-hydrogen) atoms. The highest BCUT2D eigenvalue weighted by Crippen LogP contribution is 2.20. The molecule has 0 unspecified atom stereocenters. The molecule has 3 aromatic rings. The van der Waals surface area contributed by atoms with E-state index in [4.69, 9.17) is 10.2 Å². The summed E-state index contributed by atoms with van der Waals surface area (Å²) in [6.07, 6.45) is 0.852. The summed E-state index contributed by atoms with van der Waals surface area (Å²) in [4.78, 5) is 8.74. The van der Waals surface area contributed by atoms with Crippen LogP contribution < -0.4 is 11.1 Å². The molecule has 3 N–H and O–H groups in total. The number of nitrogen functional groups attached to an aromatic ring is 1. The topological polar surface area (TPSA) is 77.0 Å². The van der Waals surface area contributed by atoms with Crippen molar-refractivity contribution < 1.29 is 4.42 Å². The second-order valence-electron chi connectivity index (χ2n) is 4.28.